The van der Waals surface area contributed by atoms with Crippen LogP contribution in [-0.2, 0) is 10.0 Å². The fourth-order valence-corrected chi connectivity index (χ4v) is 3.30. The van der Waals surface area contributed by atoms with Crippen molar-refractivity contribution in [3.8, 4) is 0 Å². The minimum Gasteiger partial charge on any atom is -0.475 e. The number of aromatic carboxylic acids is 1. The van der Waals surface area contributed by atoms with Crippen LogP contribution in [0.4, 0.5) is 0 Å². The Morgan fingerprint density at radius 3 is 2.63 bits per heavy atom. The van der Waals surface area contributed by atoms with Gasteiger partial charge in [-0.3, -0.25) is 0 Å². The first-order chi connectivity index (χ1) is 8.79. The molecule has 1 aromatic rings. The van der Waals surface area contributed by atoms with Crippen molar-refractivity contribution in [2.45, 2.75) is 30.8 Å². The lowest BCUT2D eigenvalue weighted by Gasteiger charge is -2.31. The van der Waals surface area contributed by atoms with E-state index in [1.807, 2.05) is 0 Å². The Morgan fingerprint density at radius 2 is 2.16 bits per heavy atom. The topological polar surface area (TPSA) is 117 Å². The van der Waals surface area contributed by atoms with Crippen LogP contribution >= 0.6 is 0 Å². The monoisotopic (exact) mass is 289 g/mol. The van der Waals surface area contributed by atoms with Gasteiger partial charge >= 0.3 is 5.97 Å². The standard InChI is InChI=1S/C11H15NO6S/c1-6-10(4-9(18-6)11(14)15)19(16,17)12-5-7-2-8(13)3-7/h4,7-8,12-13H,2-3,5H2,1H3,(H,14,15). The summed E-state index contributed by atoms with van der Waals surface area (Å²) in [6, 6.07) is 0.996. The van der Waals surface area contributed by atoms with Gasteiger partial charge < -0.3 is 14.6 Å². The van der Waals surface area contributed by atoms with Gasteiger partial charge in [0.05, 0.1) is 6.10 Å². The van der Waals surface area contributed by atoms with Gasteiger partial charge in [-0.05, 0) is 25.7 Å². The van der Waals surface area contributed by atoms with Crippen molar-refractivity contribution in [2.75, 3.05) is 6.54 Å². The van der Waals surface area contributed by atoms with E-state index in [1.54, 1.807) is 0 Å². The van der Waals surface area contributed by atoms with Crippen molar-refractivity contribution >= 4 is 16.0 Å². The van der Waals surface area contributed by atoms with Crippen LogP contribution in [0.1, 0.15) is 29.2 Å². The molecule has 8 heteroatoms. The number of hydrogen-bond donors (Lipinski definition) is 3. The first-order valence-corrected chi connectivity index (χ1v) is 7.29. The van der Waals surface area contributed by atoms with Crippen LogP contribution in [-0.4, -0.2) is 37.2 Å². The Kier molecular flexibility index (Phi) is 3.66. The second-order valence-corrected chi connectivity index (χ2v) is 6.41. The zero-order chi connectivity index (χ0) is 14.2. The molecule has 0 aromatic carbocycles. The average molecular weight is 289 g/mol. The molecule has 0 bridgehead atoms. The normalized spacial score (nSPS) is 23.1. The molecular weight excluding hydrogens is 274 g/mol. The molecule has 0 unspecified atom stereocenters. The summed E-state index contributed by atoms with van der Waals surface area (Å²) in [7, 11) is -3.78. The fourth-order valence-electron chi connectivity index (χ4n) is 2.01. The largest absolute Gasteiger partial charge is 0.475 e. The van der Waals surface area contributed by atoms with E-state index >= 15 is 0 Å². The quantitative estimate of drug-likeness (QED) is 0.719. The van der Waals surface area contributed by atoms with Crippen molar-refractivity contribution in [3.05, 3.63) is 17.6 Å². The number of aliphatic hydroxyl groups excluding tert-OH is 1. The summed E-state index contributed by atoms with van der Waals surface area (Å²) in [5.41, 5.74) is 0. The Hall–Kier alpha value is -1.38. The number of aliphatic hydroxyl groups is 1. The van der Waals surface area contributed by atoms with Crippen LogP contribution in [0, 0.1) is 12.8 Å². The summed E-state index contributed by atoms with van der Waals surface area (Å²) < 4.78 is 31.2. The van der Waals surface area contributed by atoms with E-state index in [0.717, 1.165) is 6.07 Å². The number of hydrogen-bond acceptors (Lipinski definition) is 5. The summed E-state index contributed by atoms with van der Waals surface area (Å²) in [5.74, 6) is -1.56. The van der Waals surface area contributed by atoms with Gasteiger partial charge in [-0.2, -0.15) is 0 Å². The molecule has 0 radical (unpaired) electrons. The number of nitrogens with one attached hydrogen (secondary N) is 1. The third-order valence-electron chi connectivity index (χ3n) is 3.15. The molecule has 0 atom stereocenters. The maximum atomic E-state index is 12.0. The van der Waals surface area contributed by atoms with Gasteiger partial charge in [0.2, 0.25) is 15.8 Å². The lowest BCUT2D eigenvalue weighted by molar-refractivity contribution is 0.0453. The Balaban J connectivity index is 2.08. The molecule has 0 aliphatic heterocycles. The Bertz CT molecular complexity index is 584. The highest BCUT2D eigenvalue weighted by Gasteiger charge is 2.30. The van der Waals surface area contributed by atoms with E-state index in [2.05, 4.69) is 4.72 Å². The SMILES string of the molecule is Cc1oc(C(=O)O)cc1S(=O)(=O)NCC1CC(O)C1. The highest BCUT2D eigenvalue weighted by Crippen LogP contribution is 2.27. The average Bonchev–Trinajstić information content (AvgIpc) is 2.66. The number of carboxylic acids is 1. The van der Waals surface area contributed by atoms with Gasteiger partial charge in [0.1, 0.15) is 10.7 Å². The molecule has 0 saturated heterocycles. The molecule has 1 aliphatic carbocycles. The molecule has 1 aliphatic rings. The van der Waals surface area contributed by atoms with Crippen molar-refractivity contribution in [1.29, 1.82) is 0 Å². The molecule has 19 heavy (non-hydrogen) atoms. The number of carbonyl (C=O) groups is 1. The van der Waals surface area contributed by atoms with Crippen molar-refractivity contribution in [3.63, 3.8) is 0 Å². The smallest absolute Gasteiger partial charge is 0.371 e. The summed E-state index contributed by atoms with van der Waals surface area (Å²) >= 11 is 0. The number of carboxylic acid groups (broad SMARTS) is 1. The van der Waals surface area contributed by atoms with Gasteiger partial charge in [-0.15, -0.1) is 0 Å². The van der Waals surface area contributed by atoms with Crippen LogP contribution in [0.3, 0.4) is 0 Å². The van der Waals surface area contributed by atoms with Gasteiger partial charge in [0, 0.05) is 12.6 Å². The Morgan fingerprint density at radius 1 is 1.53 bits per heavy atom. The summed E-state index contributed by atoms with van der Waals surface area (Å²) in [6.07, 6.45) is 0.810. The van der Waals surface area contributed by atoms with Crippen LogP contribution in [0.25, 0.3) is 0 Å². The molecular formula is C11H15NO6S. The van der Waals surface area contributed by atoms with Gasteiger partial charge in [0.15, 0.2) is 0 Å². The predicted molar refractivity (Wildman–Crippen MR) is 64.3 cm³/mol. The minimum absolute atomic E-state index is 0.0403. The van der Waals surface area contributed by atoms with Gasteiger partial charge in [-0.1, -0.05) is 0 Å². The third kappa shape index (κ3) is 2.96. The molecule has 7 nitrogen and oxygen atoms in total. The highest BCUT2D eigenvalue weighted by atomic mass is 32.2. The first-order valence-electron chi connectivity index (χ1n) is 5.81. The summed E-state index contributed by atoms with van der Waals surface area (Å²) in [4.78, 5) is 10.6. The summed E-state index contributed by atoms with van der Waals surface area (Å²) in [6.45, 7) is 1.63. The Labute approximate surface area is 110 Å². The minimum atomic E-state index is -3.78. The molecule has 3 N–H and O–H groups in total. The highest BCUT2D eigenvalue weighted by molar-refractivity contribution is 7.89. The van der Waals surface area contributed by atoms with E-state index in [4.69, 9.17) is 14.6 Å². The van der Waals surface area contributed by atoms with Gasteiger partial charge in [-0.25, -0.2) is 17.9 Å². The maximum absolute atomic E-state index is 12.0. The van der Waals surface area contributed by atoms with E-state index in [0.29, 0.717) is 12.8 Å². The van der Waals surface area contributed by atoms with Crippen LogP contribution < -0.4 is 4.72 Å². The third-order valence-corrected chi connectivity index (χ3v) is 4.68. The number of aryl methyl sites for hydroxylation is 1. The number of rotatable bonds is 5. The molecule has 1 saturated carbocycles. The second-order valence-electron chi connectivity index (χ2n) is 4.68. The van der Waals surface area contributed by atoms with E-state index < -0.39 is 21.8 Å². The van der Waals surface area contributed by atoms with E-state index in [9.17, 15) is 13.2 Å². The fraction of sp³-hybridized carbons (Fsp3) is 0.545. The second kappa shape index (κ2) is 4.95. The van der Waals surface area contributed by atoms with E-state index in [1.165, 1.54) is 6.92 Å². The van der Waals surface area contributed by atoms with Crippen molar-refractivity contribution < 1.29 is 27.8 Å². The zero-order valence-electron chi connectivity index (χ0n) is 10.3. The molecule has 0 spiro atoms. The van der Waals surface area contributed by atoms with Crippen molar-refractivity contribution in [2.24, 2.45) is 5.92 Å². The number of sulfonamides is 1. The lowest BCUT2D eigenvalue weighted by Crippen LogP contribution is -2.38. The molecule has 106 valence electrons. The summed E-state index contributed by atoms with van der Waals surface area (Å²) in [5, 5.41) is 17.9. The van der Waals surface area contributed by atoms with Crippen LogP contribution in [0.2, 0.25) is 0 Å². The van der Waals surface area contributed by atoms with E-state index in [-0.39, 0.29) is 29.2 Å². The molecule has 0 amide bonds. The molecule has 1 aromatic heterocycles. The zero-order valence-corrected chi connectivity index (χ0v) is 11.1. The number of furan rings is 1. The first kappa shape index (κ1) is 14.0. The molecule has 2 rings (SSSR count). The molecule has 1 fully saturated rings. The lowest BCUT2D eigenvalue weighted by atomic mass is 9.83. The maximum Gasteiger partial charge on any atom is 0.371 e. The van der Waals surface area contributed by atoms with Crippen LogP contribution in [0.5, 0.6) is 0 Å². The van der Waals surface area contributed by atoms with Crippen molar-refractivity contribution in [1.82, 2.24) is 4.72 Å². The van der Waals surface area contributed by atoms with Gasteiger partial charge in [0.25, 0.3) is 0 Å². The predicted octanol–water partition coefficient (Wildman–Crippen LogP) is 0.335. The van der Waals surface area contributed by atoms with Crippen LogP contribution in [0.15, 0.2) is 15.4 Å². The molecule has 1 heterocycles.